The first-order chi connectivity index (χ1) is 53.9. The number of carboxylic acid groups (broad SMARTS) is 1. The molecule has 0 unspecified atom stereocenters. The lowest BCUT2D eigenvalue weighted by atomic mass is 10.1. The van der Waals surface area contributed by atoms with Gasteiger partial charge in [-0.2, -0.15) is 8.42 Å². The Hall–Kier alpha value is -8.29. The molecular formula is C73H135N6O35P3S. The van der Waals surface area contributed by atoms with Gasteiger partial charge >= 0.3 is 82.9 Å². The summed E-state index contributed by atoms with van der Waals surface area (Å²) in [5.74, 6) is -5.68. The summed E-state index contributed by atoms with van der Waals surface area (Å²) >= 11 is 0. The zero-order valence-corrected chi connectivity index (χ0v) is 76.1. The van der Waals surface area contributed by atoms with Crippen LogP contribution < -0.4 is 32.1 Å². The van der Waals surface area contributed by atoms with Gasteiger partial charge in [0, 0.05) is 12.5 Å². The van der Waals surface area contributed by atoms with Crippen LogP contribution in [-0.4, -0.2) is 243 Å². The Labute approximate surface area is 697 Å². The maximum atomic E-state index is 12.0. The van der Waals surface area contributed by atoms with Gasteiger partial charge in [-0.25, -0.2) is 19.2 Å². The van der Waals surface area contributed by atoms with Crippen LogP contribution in [0.2, 0.25) is 0 Å². The van der Waals surface area contributed by atoms with Crippen molar-refractivity contribution in [2.24, 2.45) is 5.73 Å². The van der Waals surface area contributed by atoms with Gasteiger partial charge in [-0.15, -0.1) is 12.8 Å². The lowest BCUT2D eigenvalue weighted by Gasteiger charge is -2.23. The number of alkyl carbamates (subject to hydrolysis) is 2. The number of aldehydes is 1. The molecule has 118 heavy (non-hydrogen) atoms. The van der Waals surface area contributed by atoms with Crippen molar-refractivity contribution in [3.63, 3.8) is 0 Å². The molecule has 688 valence electrons. The molecule has 1 aromatic carbocycles. The maximum Gasteiger partial charge on any atom is 0.408 e. The molecule has 0 aliphatic carbocycles. The highest BCUT2D eigenvalue weighted by Gasteiger charge is 2.31. The van der Waals surface area contributed by atoms with Crippen LogP contribution in [0.5, 0.6) is 0 Å². The normalized spacial score (nSPS) is 11.6. The second-order valence-corrected chi connectivity index (χ2v) is 34.4. The Morgan fingerprint density at radius 1 is 0.508 bits per heavy atom. The first-order valence-corrected chi connectivity index (χ1v) is 42.2. The molecule has 9 N–H and O–H groups in total. The Kier molecular flexibility index (Phi) is 72.7. The number of nitrogens with one attached hydrogen (secondary N) is 5. The number of carbonyl (C=O) groups excluding carboxylic acids is 12. The molecule has 0 aliphatic heterocycles. The summed E-state index contributed by atoms with van der Waals surface area (Å²) in [6.07, 6.45) is 6.24. The van der Waals surface area contributed by atoms with Crippen molar-refractivity contribution in [2.45, 2.75) is 231 Å². The summed E-state index contributed by atoms with van der Waals surface area (Å²) in [4.78, 5) is 144. The summed E-state index contributed by atoms with van der Waals surface area (Å²) in [6.45, 7) is 40.1. The zero-order valence-electron chi connectivity index (χ0n) is 73.6. The van der Waals surface area contributed by atoms with Crippen LogP contribution in [0.3, 0.4) is 0 Å². The SMILES string of the molecule is C.CC(C)(C)OC(=O)C[C@@H](C=O)NC(=O)OC(C)(C)C.CCC(=O)OC(C)(C)C.CCOP(=O)(CC(=O)NCC(=O)OC)OCC.CCOP(=O)(CC(=O)O)OCC.CCOP(=O)(NCC(=O)OC)OCC.COC(=O)CN.COC(=O)CNC(=O)/C=C/[C@H](CC(=O)OC(C)(C)C)NC(=O)OC(C)(C)C.Cc1ccc(S(=O)(=O)O)cc1.[2H]C#C. The molecule has 2 atom stereocenters. The predicted molar refractivity (Wildman–Crippen MR) is 437 cm³/mol. The minimum absolute atomic E-state index is 0. The van der Waals surface area contributed by atoms with E-state index in [2.05, 4.69) is 51.7 Å². The summed E-state index contributed by atoms with van der Waals surface area (Å²) < 4.78 is 142. The number of amides is 4. The number of carbonyl (C=O) groups is 13. The number of nitrogens with two attached hydrogens (primary N) is 1. The van der Waals surface area contributed by atoms with E-state index >= 15 is 0 Å². The molecular weight excluding hydrogens is 1650 g/mol. The molecule has 0 fully saturated rings. The number of hydrogen-bond acceptors (Lipinski definition) is 34. The quantitative estimate of drug-likeness (QED) is 0.00597. The summed E-state index contributed by atoms with van der Waals surface area (Å²) in [6, 6.07) is 4.20. The molecule has 1 aromatic rings. The van der Waals surface area contributed by atoms with Gasteiger partial charge in [0.05, 0.1) is 104 Å². The molecule has 1 rings (SSSR count). The van der Waals surface area contributed by atoms with Crippen LogP contribution in [0.25, 0.3) is 0 Å². The van der Waals surface area contributed by atoms with Crippen LogP contribution in [0, 0.1) is 19.7 Å². The number of terminal acetylenes is 1. The van der Waals surface area contributed by atoms with Crippen LogP contribution in [0.1, 0.15) is 186 Å². The van der Waals surface area contributed by atoms with E-state index in [1.165, 1.54) is 53.0 Å². The number of hydrogen-bond donors (Lipinski definition) is 8. The van der Waals surface area contributed by atoms with Crippen molar-refractivity contribution < 1.29 is 165 Å². The lowest BCUT2D eigenvalue weighted by Crippen LogP contribution is -2.41. The molecule has 0 radical (unpaired) electrons. The minimum atomic E-state index is -4.02. The van der Waals surface area contributed by atoms with Gasteiger partial charge in [-0.05, 0) is 164 Å². The largest absolute Gasteiger partial charge is 0.481 e. The Balaban J connectivity index is -0.000000170. The van der Waals surface area contributed by atoms with Gasteiger partial charge in [0.15, 0.2) is 0 Å². The molecule has 0 aliphatic rings. The molecule has 0 saturated carbocycles. The molecule has 0 spiro atoms. The molecule has 0 aromatic heterocycles. The molecule has 0 saturated heterocycles. The number of esters is 7. The minimum Gasteiger partial charge on any atom is -0.481 e. The number of aliphatic carboxylic acids is 1. The fourth-order valence-corrected chi connectivity index (χ4v) is 11.1. The third-order valence-corrected chi connectivity index (χ3v) is 17.1. The van der Waals surface area contributed by atoms with E-state index in [1.54, 1.807) is 144 Å². The van der Waals surface area contributed by atoms with Crippen molar-refractivity contribution in [1.29, 1.82) is 0 Å². The van der Waals surface area contributed by atoms with E-state index in [1.807, 2.05) is 27.7 Å². The van der Waals surface area contributed by atoms with E-state index in [9.17, 15) is 84.4 Å². The van der Waals surface area contributed by atoms with Crippen molar-refractivity contribution in [3.8, 4) is 12.8 Å². The topological polar surface area (TPSA) is 572 Å². The number of ether oxygens (including phenoxy) is 9. The predicted octanol–water partition coefficient (Wildman–Crippen LogP) is 9.06. The summed E-state index contributed by atoms with van der Waals surface area (Å²) in [5.41, 5.74) is 2.74. The lowest BCUT2D eigenvalue weighted by molar-refractivity contribution is -0.156. The average Bonchev–Trinajstić information content (AvgIpc) is 0.881. The standard InChI is InChI=1S/C18H30N2O7.C13H23NO5.C9H18NO6P.C7H16NO5P.C7H8O3S.C7H14O2.C6H13O5P.C3H7NO2.C2H2.CH4/c1-17(2,3)26-14(22)10-12(20-16(24)27-18(4,5)6)8-9-13(21)19-11-15(23)25-7;1-12(2,3)18-10(16)7-9(8-15)14-11(17)19-13(4,5)6;1-4-15-17(13,16-5-2)7-8(11)10-6-9(12)14-3;1-4-12-14(10,13-5-2)8-6-7(9)11-3;1-6-2-4-7(5-3-6)11(8,9)10;1-5-6(8)9-7(2,3)4;1-3-10-12(9,11-4-2)5-6(7)8;1-6-3(5)2-4;1-2;/h8-9,12H,10-11H2,1-7H3,(H,19,21)(H,20,24);8-9H,7H2,1-6H3,(H,14,17);4-7H2,1-3H3,(H,10,11);4-6H2,1-3H3,(H,8,10);2-5H,1H3,(H,8,9,10);5H2,1-4H3;3-5H2,1-2H3,(H,7,8);2,4H2,1H3;1-2H;1H4/b9-8+;;;;;;;;;/t12-;9-;;;;;;;;/m10......../s1/i;;;;;;;;1D;. The highest BCUT2D eigenvalue weighted by molar-refractivity contribution is 7.85. The second kappa shape index (κ2) is 68.5. The molecule has 41 nitrogen and oxygen atoms in total. The molecule has 4 amide bonds. The zero-order chi connectivity index (χ0) is 94.1. The van der Waals surface area contributed by atoms with Gasteiger partial charge in [0.2, 0.25) is 11.8 Å². The van der Waals surface area contributed by atoms with Gasteiger partial charge in [0.25, 0.3) is 10.1 Å². The second-order valence-electron chi connectivity index (χ2n) is 27.1. The van der Waals surface area contributed by atoms with Gasteiger partial charge in [-0.3, -0.25) is 70.7 Å². The van der Waals surface area contributed by atoms with Gasteiger partial charge in [-0.1, -0.05) is 38.1 Å². The Morgan fingerprint density at radius 2 is 0.831 bits per heavy atom. The molecule has 45 heteroatoms. The van der Waals surface area contributed by atoms with Gasteiger partial charge in [0.1, 0.15) is 67.6 Å². The van der Waals surface area contributed by atoms with E-state index in [0.29, 0.717) is 12.7 Å². The third-order valence-electron chi connectivity index (χ3n) is 10.6. The Bertz CT molecular complexity index is 3380. The fourth-order valence-electron chi connectivity index (χ4n) is 6.43. The number of aryl methyl sites for hydroxylation is 1. The molecule has 0 bridgehead atoms. The smallest absolute Gasteiger partial charge is 0.408 e. The van der Waals surface area contributed by atoms with Gasteiger partial charge < -0.3 is 97.6 Å². The van der Waals surface area contributed by atoms with Crippen LogP contribution in [0.15, 0.2) is 41.3 Å². The van der Waals surface area contributed by atoms with Crippen molar-refractivity contribution in [2.75, 3.05) is 107 Å². The van der Waals surface area contributed by atoms with Crippen molar-refractivity contribution >= 4 is 111 Å². The summed E-state index contributed by atoms with van der Waals surface area (Å²) in [7, 11) is -9.18. The van der Waals surface area contributed by atoms with Crippen molar-refractivity contribution in [1.82, 2.24) is 26.4 Å². The van der Waals surface area contributed by atoms with Crippen LogP contribution >= 0.6 is 22.9 Å². The van der Waals surface area contributed by atoms with Crippen molar-refractivity contribution in [3.05, 3.63) is 42.0 Å². The first kappa shape index (κ1) is 125. The highest BCUT2D eigenvalue weighted by atomic mass is 32.2. The number of benzene rings is 1. The molecule has 0 heterocycles. The first-order valence-electron chi connectivity index (χ1n) is 36.2. The van der Waals surface area contributed by atoms with E-state index in [0.717, 1.165) is 11.6 Å². The number of carboxylic acids is 1. The average molecular weight is 1780 g/mol. The summed E-state index contributed by atoms with van der Waals surface area (Å²) in [5, 5.41) is 20.1. The number of methoxy groups -OCH3 is 4. The number of rotatable bonds is 35. The third kappa shape index (κ3) is 88.5. The van der Waals surface area contributed by atoms with E-state index in [-0.39, 0.29) is 109 Å². The Morgan fingerprint density at radius 3 is 1.12 bits per heavy atom. The van der Waals surface area contributed by atoms with E-state index < -0.39 is 140 Å². The maximum absolute atomic E-state index is 12.0. The fraction of sp³-hybridized carbons (Fsp3) is 0.685. The highest BCUT2D eigenvalue weighted by Crippen LogP contribution is 2.48. The van der Waals surface area contributed by atoms with Crippen LogP contribution in [-0.2, 0) is 146 Å². The van der Waals surface area contributed by atoms with E-state index in [4.69, 9.17) is 67.6 Å². The van der Waals surface area contributed by atoms with Crippen LogP contribution in [0.4, 0.5) is 9.59 Å². The monoisotopic (exact) mass is 1780 g/mol.